The summed E-state index contributed by atoms with van der Waals surface area (Å²) in [5.41, 5.74) is 1.63. The molecule has 6 rings (SSSR count). The third kappa shape index (κ3) is 8.60. The molecule has 0 aliphatic rings. The molecular weight excluding hydrogens is 644 g/mol. The second-order valence-corrected chi connectivity index (χ2v) is 10.7. The van der Waals surface area contributed by atoms with Crippen LogP contribution >= 0.6 is 0 Å². The van der Waals surface area contributed by atoms with E-state index in [0.29, 0.717) is 46.8 Å². The Hall–Kier alpha value is -6.70. The van der Waals surface area contributed by atoms with Gasteiger partial charge in [-0.2, -0.15) is 0 Å². The zero-order valence-electron chi connectivity index (χ0n) is 27.4. The summed E-state index contributed by atoms with van der Waals surface area (Å²) < 4.78 is 15.7. The molecule has 0 spiro atoms. The van der Waals surface area contributed by atoms with Crippen molar-refractivity contribution < 1.29 is 28.9 Å². The highest BCUT2D eigenvalue weighted by Crippen LogP contribution is 2.18. The number of amides is 2. The van der Waals surface area contributed by atoms with Gasteiger partial charge in [-0.3, -0.25) is 19.2 Å². The van der Waals surface area contributed by atoms with Crippen molar-refractivity contribution >= 4 is 33.6 Å². The van der Waals surface area contributed by atoms with Crippen molar-refractivity contribution in [2.45, 2.75) is 20.0 Å². The van der Waals surface area contributed by atoms with Gasteiger partial charge in [-0.25, -0.2) is 9.97 Å². The van der Waals surface area contributed by atoms with E-state index in [0.717, 1.165) is 11.1 Å². The number of aromatic hydroxyl groups is 1. The summed E-state index contributed by atoms with van der Waals surface area (Å²) in [5.74, 6) is 0.881. The first kappa shape index (κ1) is 34.6. The molecule has 2 aromatic heterocycles. The van der Waals surface area contributed by atoms with Crippen LogP contribution < -0.4 is 36.0 Å². The van der Waals surface area contributed by atoms with Crippen molar-refractivity contribution in [3.63, 3.8) is 0 Å². The van der Waals surface area contributed by atoms with Crippen LogP contribution in [0.2, 0.25) is 0 Å². The molecular formula is C36H34N6O8. The van der Waals surface area contributed by atoms with E-state index < -0.39 is 17.4 Å². The number of hydrogen-bond donors (Lipinski definition) is 5. The molecule has 5 N–H and O–H groups in total. The van der Waals surface area contributed by atoms with Gasteiger partial charge >= 0.3 is 0 Å². The maximum absolute atomic E-state index is 12.3. The van der Waals surface area contributed by atoms with Gasteiger partial charge in [0.15, 0.2) is 11.6 Å². The van der Waals surface area contributed by atoms with E-state index in [1.54, 1.807) is 38.5 Å². The molecule has 0 aliphatic carbocycles. The molecule has 0 saturated carbocycles. The van der Waals surface area contributed by atoms with Gasteiger partial charge in [-0.05, 0) is 78.7 Å². The fraction of sp³-hybridized carbons (Fsp3) is 0.167. The molecule has 50 heavy (non-hydrogen) atoms. The molecule has 14 heteroatoms. The molecule has 0 fully saturated rings. The number of carbonyl (C=O) groups is 2. The van der Waals surface area contributed by atoms with Crippen molar-refractivity contribution in [2.75, 3.05) is 20.8 Å². The fourth-order valence-electron chi connectivity index (χ4n) is 4.81. The van der Waals surface area contributed by atoms with E-state index in [4.69, 9.17) is 14.2 Å². The summed E-state index contributed by atoms with van der Waals surface area (Å²) >= 11 is 0. The maximum atomic E-state index is 12.3. The highest BCUT2D eigenvalue weighted by Gasteiger charge is 2.13. The number of ether oxygens (including phenoxy) is 3. The van der Waals surface area contributed by atoms with Crippen LogP contribution in [0.25, 0.3) is 21.8 Å². The number of methoxy groups -OCH3 is 2. The Morgan fingerprint density at radius 3 is 1.68 bits per heavy atom. The first-order chi connectivity index (χ1) is 24.2. The monoisotopic (exact) mass is 678 g/mol. The standard InChI is InChI=1S/C19H19N3O4.C17H15N3O4/c1-3-26-14-7-8-16-15(10-14)18(23)22-17(21-16)19(24)20-11-12-5-4-6-13(9-12)25-2;1-24-12-4-2-3-10(7-12)9-18-17(23)15-19-14-6-5-11(21)8-13(14)16(22)20-15/h4-10H,3,11H2,1-2H3,(H,20,24)(H,21,22,23);2-8,21H,9H2,1H3,(H,18,23)(H,19,20,22). The number of hydrogen-bond acceptors (Lipinski definition) is 10. The molecule has 0 atom stereocenters. The number of nitrogens with one attached hydrogen (secondary N) is 4. The van der Waals surface area contributed by atoms with E-state index in [1.807, 2.05) is 49.4 Å². The molecule has 0 unspecified atom stereocenters. The van der Waals surface area contributed by atoms with Crippen LogP contribution in [0.3, 0.4) is 0 Å². The number of aromatic nitrogens is 4. The first-order valence-corrected chi connectivity index (χ1v) is 15.4. The lowest BCUT2D eigenvalue weighted by Crippen LogP contribution is -2.27. The van der Waals surface area contributed by atoms with Crippen LogP contribution in [0.1, 0.15) is 39.3 Å². The van der Waals surface area contributed by atoms with Crippen molar-refractivity contribution in [3.05, 3.63) is 128 Å². The predicted octanol–water partition coefficient (Wildman–Crippen LogP) is 3.83. The number of fused-ring (bicyclic) bond motifs is 2. The van der Waals surface area contributed by atoms with E-state index in [-0.39, 0.29) is 34.9 Å². The summed E-state index contributed by atoms with van der Waals surface area (Å²) in [7, 11) is 3.15. The summed E-state index contributed by atoms with van der Waals surface area (Å²) in [4.78, 5) is 62.1. The van der Waals surface area contributed by atoms with Gasteiger partial charge in [0.2, 0.25) is 0 Å². The van der Waals surface area contributed by atoms with Crippen molar-refractivity contribution in [2.24, 2.45) is 0 Å². The molecule has 0 saturated heterocycles. The van der Waals surface area contributed by atoms with Gasteiger partial charge < -0.3 is 39.9 Å². The number of benzene rings is 4. The van der Waals surface area contributed by atoms with Crippen molar-refractivity contribution in [1.82, 2.24) is 30.6 Å². The molecule has 6 aromatic rings. The van der Waals surface area contributed by atoms with E-state index in [1.165, 1.54) is 18.2 Å². The molecule has 2 amide bonds. The number of phenolic OH excluding ortho intramolecular Hbond substituents is 1. The highest BCUT2D eigenvalue weighted by atomic mass is 16.5. The predicted molar refractivity (Wildman–Crippen MR) is 186 cm³/mol. The molecule has 4 aromatic carbocycles. The number of H-pyrrole nitrogens is 2. The Morgan fingerprint density at radius 2 is 1.18 bits per heavy atom. The third-order valence-corrected chi connectivity index (χ3v) is 7.28. The van der Waals surface area contributed by atoms with Gasteiger partial charge in [-0.1, -0.05) is 24.3 Å². The Kier molecular flexibility index (Phi) is 11.0. The normalized spacial score (nSPS) is 10.5. The minimum absolute atomic E-state index is 0.0328. The Balaban J connectivity index is 0.000000195. The van der Waals surface area contributed by atoms with Crippen LogP contribution in [-0.2, 0) is 13.1 Å². The second-order valence-electron chi connectivity index (χ2n) is 10.7. The van der Waals surface area contributed by atoms with Crippen molar-refractivity contribution in [3.8, 4) is 23.0 Å². The second kappa shape index (κ2) is 15.9. The van der Waals surface area contributed by atoms with E-state index in [2.05, 4.69) is 30.6 Å². The zero-order valence-corrected chi connectivity index (χ0v) is 27.4. The summed E-state index contributed by atoms with van der Waals surface area (Å²) in [6.45, 7) is 2.93. The fourth-order valence-corrected chi connectivity index (χ4v) is 4.81. The van der Waals surface area contributed by atoms with Gasteiger partial charge in [0.1, 0.15) is 23.0 Å². The Morgan fingerprint density at radius 1 is 0.680 bits per heavy atom. The topological polar surface area (TPSA) is 198 Å². The average molecular weight is 679 g/mol. The molecule has 2 heterocycles. The van der Waals surface area contributed by atoms with Crippen LogP contribution in [0.15, 0.2) is 94.5 Å². The Labute approximate surface area is 285 Å². The van der Waals surface area contributed by atoms with Crippen molar-refractivity contribution in [1.29, 1.82) is 0 Å². The van der Waals surface area contributed by atoms with Crippen LogP contribution in [-0.4, -0.2) is 57.7 Å². The molecule has 14 nitrogen and oxygen atoms in total. The average Bonchev–Trinajstić information content (AvgIpc) is 3.13. The number of aromatic amines is 2. The SMILES string of the molecule is CCOc1ccc2nc(C(=O)NCc3cccc(OC)c3)[nH]c(=O)c2c1.COc1cccc(CNC(=O)c2nc3ccc(O)cc3c(=O)[nH]2)c1. The summed E-state index contributed by atoms with van der Waals surface area (Å²) in [5, 5.41) is 15.4. The lowest BCUT2D eigenvalue weighted by atomic mass is 10.2. The largest absolute Gasteiger partial charge is 0.508 e. The Bertz CT molecular complexity index is 2280. The van der Waals surface area contributed by atoms with Gasteiger partial charge in [0.05, 0.1) is 42.6 Å². The molecule has 0 bridgehead atoms. The zero-order chi connectivity index (χ0) is 35.6. The van der Waals surface area contributed by atoms with Gasteiger partial charge in [0.25, 0.3) is 22.9 Å². The highest BCUT2D eigenvalue weighted by molar-refractivity contribution is 5.93. The maximum Gasteiger partial charge on any atom is 0.287 e. The number of rotatable bonds is 10. The van der Waals surface area contributed by atoms with Crippen LogP contribution in [0.5, 0.6) is 23.0 Å². The molecule has 0 aliphatic heterocycles. The number of carbonyl (C=O) groups excluding carboxylic acids is 2. The minimum atomic E-state index is -0.495. The van der Waals surface area contributed by atoms with Gasteiger partial charge in [0, 0.05) is 13.1 Å². The minimum Gasteiger partial charge on any atom is -0.508 e. The smallest absolute Gasteiger partial charge is 0.287 e. The summed E-state index contributed by atoms with van der Waals surface area (Å²) in [6, 6.07) is 23.8. The quantitative estimate of drug-likeness (QED) is 0.142. The lowest BCUT2D eigenvalue weighted by molar-refractivity contribution is 0.0933. The number of phenols is 1. The molecule has 0 radical (unpaired) electrons. The third-order valence-electron chi connectivity index (χ3n) is 7.28. The molecule has 256 valence electrons. The van der Waals surface area contributed by atoms with Gasteiger partial charge in [-0.15, -0.1) is 0 Å². The number of nitrogens with zero attached hydrogens (tertiary/aromatic N) is 2. The van der Waals surface area contributed by atoms with Crippen LogP contribution in [0, 0.1) is 0 Å². The van der Waals surface area contributed by atoms with Crippen LogP contribution in [0.4, 0.5) is 0 Å². The van der Waals surface area contributed by atoms with E-state index in [9.17, 15) is 24.3 Å². The first-order valence-electron chi connectivity index (χ1n) is 15.4. The summed E-state index contributed by atoms with van der Waals surface area (Å²) in [6.07, 6.45) is 0. The van der Waals surface area contributed by atoms with E-state index >= 15 is 0 Å². The lowest BCUT2D eigenvalue weighted by Gasteiger charge is -2.08.